The van der Waals surface area contributed by atoms with Crippen molar-refractivity contribution in [2.75, 3.05) is 7.05 Å². The van der Waals surface area contributed by atoms with E-state index in [1.165, 1.54) is 11.1 Å². The molecule has 1 atom stereocenters. The lowest BCUT2D eigenvalue weighted by Gasteiger charge is -2.15. The van der Waals surface area contributed by atoms with E-state index in [2.05, 4.69) is 46.5 Å². The highest BCUT2D eigenvalue weighted by molar-refractivity contribution is 5.22. The Labute approximate surface area is 108 Å². The Morgan fingerprint density at radius 1 is 1.11 bits per heavy atom. The van der Waals surface area contributed by atoms with Crippen LogP contribution < -0.4 is 5.32 Å². The number of hydrogen-bond donors (Lipinski definition) is 1. The third kappa shape index (κ3) is 3.37. The molecule has 18 heavy (non-hydrogen) atoms. The van der Waals surface area contributed by atoms with Crippen LogP contribution in [0.25, 0.3) is 0 Å². The van der Waals surface area contributed by atoms with Gasteiger partial charge in [-0.2, -0.15) is 0 Å². The summed E-state index contributed by atoms with van der Waals surface area (Å²) in [7, 11) is 1.98. The molecule has 3 nitrogen and oxygen atoms in total. The average Bonchev–Trinajstić information content (AvgIpc) is 2.43. The molecule has 2 aromatic rings. The summed E-state index contributed by atoms with van der Waals surface area (Å²) in [6, 6.07) is 9.03. The van der Waals surface area contributed by atoms with E-state index in [1.807, 2.05) is 19.4 Å². The second kappa shape index (κ2) is 6.26. The fraction of sp³-hybridized carbons (Fsp3) is 0.333. The lowest BCUT2D eigenvalue weighted by atomic mass is 10.0. The van der Waals surface area contributed by atoms with Crippen LogP contribution in [0.4, 0.5) is 0 Å². The maximum atomic E-state index is 4.07. The molecule has 0 bridgehead atoms. The van der Waals surface area contributed by atoms with Gasteiger partial charge in [0.2, 0.25) is 0 Å². The molecule has 1 aromatic heterocycles. The SMILES string of the molecule is CNC(CCc1ccc(C)cc1)c1cncnc1. The second-order valence-corrected chi connectivity index (χ2v) is 4.54. The Kier molecular flexibility index (Phi) is 4.42. The van der Waals surface area contributed by atoms with Crippen molar-refractivity contribution in [1.82, 2.24) is 15.3 Å². The van der Waals surface area contributed by atoms with E-state index >= 15 is 0 Å². The van der Waals surface area contributed by atoms with Crippen LogP contribution in [-0.4, -0.2) is 17.0 Å². The Balaban J connectivity index is 1.97. The molecule has 0 fully saturated rings. The molecular formula is C15H19N3. The second-order valence-electron chi connectivity index (χ2n) is 4.54. The fourth-order valence-corrected chi connectivity index (χ4v) is 2.03. The Hall–Kier alpha value is -1.74. The lowest BCUT2D eigenvalue weighted by Crippen LogP contribution is -2.17. The van der Waals surface area contributed by atoms with E-state index in [-0.39, 0.29) is 0 Å². The molecule has 2 rings (SSSR count). The molecule has 1 N–H and O–H groups in total. The summed E-state index contributed by atoms with van der Waals surface area (Å²) in [6.45, 7) is 2.11. The molecule has 1 aromatic carbocycles. The van der Waals surface area contributed by atoms with Gasteiger partial charge in [-0.3, -0.25) is 0 Å². The number of aromatic nitrogens is 2. The number of benzene rings is 1. The third-order valence-electron chi connectivity index (χ3n) is 3.17. The molecule has 0 spiro atoms. The molecule has 1 heterocycles. The molecule has 0 radical (unpaired) electrons. The first kappa shape index (κ1) is 12.7. The monoisotopic (exact) mass is 241 g/mol. The van der Waals surface area contributed by atoms with Gasteiger partial charge < -0.3 is 5.32 Å². The van der Waals surface area contributed by atoms with Crippen molar-refractivity contribution in [2.24, 2.45) is 0 Å². The van der Waals surface area contributed by atoms with Crippen molar-refractivity contribution < 1.29 is 0 Å². The maximum absolute atomic E-state index is 4.07. The molecule has 0 aliphatic carbocycles. The smallest absolute Gasteiger partial charge is 0.115 e. The predicted octanol–water partition coefficient (Wildman–Crippen LogP) is 2.68. The van der Waals surface area contributed by atoms with E-state index in [4.69, 9.17) is 0 Å². The maximum Gasteiger partial charge on any atom is 0.115 e. The van der Waals surface area contributed by atoms with Gasteiger partial charge in [-0.25, -0.2) is 9.97 Å². The van der Waals surface area contributed by atoms with E-state index in [0.29, 0.717) is 6.04 Å². The molecule has 0 amide bonds. The summed E-state index contributed by atoms with van der Waals surface area (Å²) in [4.78, 5) is 8.14. The largest absolute Gasteiger partial charge is 0.313 e. The van der Waals surface area contributed by atoms with Crippen LogP contribution in [-0.2, 0) is 6.42 Å². The summed E-state index contributed by atoms with van der Waals surface area (Å²) in [5.74, 6) is 0. The molecule has 3 heteroatoms. The van der Waals surface area contributed by atoms with Gasteiger partial charge in [0, 0.05) is 24.0 Å². The van der Waals surface area contributed by atoms with Crippen LogP contribution in [0, 0.1) is 6.92 Å². The number of nitrogens with zero attached hydrogens (tertiary/aromatic N) is 2. The van der Waals surface area contributed by atoms with Gasteiger partial charge in [0.25, 0.3) is 0 Å². The van der Waals surface area contributed by atoms with Crippen LogP contribution in [0.3, 0.4) is 0 Å². The molecule has 0 aliphatic rings. The lowest BCUT2D eigenvalue weighted by molar-refractivity contribution is 0.545. The summed E-state index contributed by atoms with van der Waals surface area (Å²) in [5, 5.41) is 3.32. The van der Waals surface area contributed by atoms with Gasteiger partial charge in [-0.1, -0.05) is 29.8 Å². The fourth-order valence-electron chi connectivity index (χ4n) is 2.03. The van der Waals surface area contributed by atoms with Crippen molar-refractivity contribution in [3.05, 3.63) is 59.7 Å². The van der Waals surface area contributed by atoms with E-state index in [1.54, 1.807) is 6.33 Å². The third-order valence-corrected chi connectivity index (χ3v) is 3.17. The molecule has 1 unspecified atom stereocenters. The zero-order valence-electron chi connectivity index (χ0n) is 10.9. The first-order valence-electron chi connectivity index (χ1n) is 6.27. The number of nitrogens with one attached hydrogen (secondary N) is 1. The van der Waals surface area contributed by atoms with Crippen molar-refractivity contribution in [1.29, 1.82) is 0 Å². The van der Waals surface area contributed by atoms with Crippen molar-refractivity contribution >= 4 is 0 Å². The molecule has 0 saturated carbocycles. The Morgan fingerprint density at radius 3 is 2.39 bits per heavy atom. The van der Waals surface area contributed by atoms with Crippen molar-refractivity contribution in [2.45, 2.75) is 25.8 Å². The zero-order chi connectivity index (χ0) is 12.8. The standard InChI is InChI=1S/C15H19N3/c1-12-3-5-13(6-4-12)7-8-15(16-2)14-9-17-11-18-10-14/h3-6,9-11,15-16H,7-8H2,1-2H3. The number of aryl methyl sites for hydroxylation is 2. The van der Waals surface area contributed by atoms with Gasteiger partial charge in [0.05, 0.1) is 0 Å². The molecular weight excluding hydrogens is 222 g/mol. The van der Waals surface area contributed by atoms with Crippen LogP contribution in [0.2, 0.25) is 0 Å². The van der Waals surface area contributed by atoms with E-state index < -0.39 is 0 Å². The van der Waals surface area contributed by atoms with Gasteiger partial charge in [0.15, 0.2) is 0 Å². The van der Waals surface area contributed by atoms with Gasteiger partial charge in [-0.15, -0.1) is 0 Å². The highest BCUT2D eigenvalue weighted by Gasteiger charge is 2.09. The topological polar surface area (TPSA) is 37.8 Å². The Morgan fingerprint density at radius 2 is 1.78 bits per heavy atom. The van der Waals surface area contributed by atoms with Crippen molar-refractivity contribution in [3.63, 3.8) is 0 Å². The van der Waals surface area contributed by atoms with E-state index in [0.717, 1.165) is 18.4 Å². The van der Waals surface area contributed by atoms with Gasteiger partial charge >= 0.3 is 0 Å². The Bertz CT molecular complexity index is 465. The first-order chi connectivity index (χ1) is 8.79. The number of hydrogen-bond acceptors (Lipinski definition) is 3. The highest BCUT2D eigenvalue weighted by Crippen LogP contribution is 2.17. The van der Waals surface area contributed by atoms with Crippen molar-refractivity contribution in [3.8, 4) is 0 Å². The van der Waals surface area contributed by atoms with E-state index in [9.17, 15) is 0 Å². The quantitative estimate of drug-likeness (QED) is 0.874. The van der Waals surface area contributed by atoms with Gasteiger partial charge in [-0.05, 0) is 32.4 Å². The predicted molar refractivity (Wildman–Crippen MR) is 73.3 cm³/mol. The zero-order valence-corrected chi connectivity index (χ0v) is 10.9. The van der Waals surface area contributed by atoms with Gasteiger partial charge in [0.1, 0.15) is 6.33 Å². The van der Waals surface area contributed by atoms with Crippen LogP contribution in [0.15, 0.2) is 43.0 Å². The van der Waals surface area contributed by atoms with Crippen LogP contribution in [0.5, 0.6) is 0 Å². The summed E-state index contributed by atoms with van der Waals surface area (Å²) in [5.41, 5.74) is 3.82. The van der Waals surface area contributed by atoms with Crippen LogP contribution >= 0.6 is 0 Å². The molecule has 0 saturated heterocycles. The average molecular weight is 241 g/mol. The summed E-state index contributed by atoms with van der Waals surface area (Å²) in [6.07, 6.45) is 7.43. The number of rotatable bonds is 5. The molecule has 94 valence electrons. The minimum absolute atomic E-state index is 0.313. The molecule has 0 aliphatic heterocycles. The highest BCUT2D eigenvalue weighted by atomic mass is 14.9. The van der Waals surface area contributed by atoms with Crippen LogP contribution in [0.1, 0.15) is 29.2 Å². The summed E-state index contributed by atoms with van der Waals surface area (Å²) >= 11 is 0. The first-order valence-corrected chi connectivity index (χ1v) is 6.27. The normalized spacial score (nSPS) is 12.3. The summed E-state index contributed by atoms with van der Waals surface area (Å²) < 4.78 is 0. The minimum Gasteiger partial charge on any atom is -0.313 e. The minimum atomic E-state index is 0.313.